The smallest absolute Gasteiger partial charge is 0.0500 e. The zero-order valence-corrected chi connectivity index (χ0v) is 7.81. The van der Waals surface area contributed by atoms with E-state index in [0.717, 1.165) is 39.0 Å². The van der Waals surface area contributed by atoms with Crippen molar-refractivity contribution in [2.24, 2.45) is 5.41 Å². The van der Waals surface area contributed by atoms with Gasteiger partial charge in [-0.2, -0.15) is 0 Å². The van der Waals surface area contributed by atoms with Crippen LogP contribution in [0.3, 0.4) is 0 Å². The normalized spacial score (nSPS) is 29.5. The Bertz CT molecular complexity index is 122. The topological polar surface area (TPSA) is 41.5 Å². The summed E-state index contributed by atoms with van der Waals surface area (Å²) in [5, 5.41) is 12.5. The quantitative estimate of drug-likeness (QED) is 0.591. The van der Waals surface area contributed by atoms with Crippen molar-refractivity contribution in [1.82, 2.24) is 5.32 Å². The second kappa shape index (κ2) is 4.80. The van der Waals surface area contributed by atoms with Gasteiger partial charge in [0.15, 0.2) is 0 Å². The van der Waals surface area contributed by atoms with Crippen LogP contribution in [0.5, 0.6) is 0 Å². The van der Waals surface area contributed by atoms with E-state index in [9.17, 15) is 5.11 Å². The lowest BCUT2D eigenvalue weighted by Crippen LogP contribution is -2.28. The van der Waals surface area contributed by atoms with Crippen LogP contribution in [0.15, 0.2) is 0 Å². The lowest BCUT2D eigenvalue weighted by atomic mass is 9.83. The molecule has 12 heavy (non-hydrogen) atoms. The standard InChI is InChI=1S/C9H19NO2/c1-12-6-2-3-9(8-11)4-5-10-7-9/h10-11H,2-8H2,1H3/t9-/m1/s1. The molecule has 3 heteroatoms. The molecule has 1 aliphatic rings. The molecule has 1 fully saturated rings. The van der Waals surface area contributed by atoms with Crippen LogP contribution in [0.25, 0.3) is 0 Å². The van der Waals surface area contributed by atoms with E-state index in [1.165, 1.54) is 0 Å². The Morgan fingerprint density at radius 2 is 2.42 bits per heavy atom. The molecular weight excluding hydrogens is 154 g/mol. The molecule has 1 aliphatic heterocycles. The molecule has 3 nitrogen and oxygen atoms in total. The molecule has 72 valence electrons. The van der Waals surface area contributed by atoms with E-state index in [2.05, 4.69) is 5.32 Å². The predicted molar refractivity (Wildman–Crippen MR) is 48.1 cm³/mol. The number of hydrogen-bond acceptors (Lipinski definition) is 3. The van der Waals surface area contributed by atoms with Gasteiger partial charge < -0.3 is 15.2 Å². The number of aliphatic hydroxyl groups is 1. The summed E-state index contributed by atoms with van der Waals surface area (Å²) >= 11 is 0. The largest absolute Gasteiger partial charge is 0.396 e. The van der Waals surface area contributed by atoms with Gasteiger partial charge in [-0.1, -0.05) is 0 Å². The van der Waals surface area contributed by atoms with Gasteiger partial charge in [0.25, 0.3) is 0 Å². The van der Waals surface area contributed by atoms with Crippen molar-refractivity contribution in [3.05, 3.63) is 0 Å². The Labute approximate surface area is 74.1 Å². The lowest BCUT2D eigenvalue weighted by molar-refractivity contribution is 0.113. The highest BCUT2D eigenvalue weighted by atomic mass is 16.5. The zero-order chi connectivity index (χ0) is 8.86. The summed E-state index contributed by atoms with van der Waals surface area (Å²) in [6.45, 7) is 3.13. The van der Waals surface area contributed by atoms with Crippen LogP contribution in [-0.2, 0) is 4.74 Å². The zero-order valence-electron chi connectivity index (χ0n) is 7.81. The van der Waals surface area contributed by atoms with Crippen LogP contribution >= 0.6 is 0 Å². The third-order valence-corrected chi connectivity index (χ3v) is 2.72. The van der Waals surface area contributed by atoms with Gasteiger partial charge in [-0.25, -0.2) is 0 Å². The minimum absolute atomic E-state index is 0.151. The molecule has 0 bridgehead atoms. The Kier molecular flexibility index (Phi) is 3.98. The highest BCUT2D eigenvalue weighted by Gasteiger charge is 2.32. The number of nitrogens with one attached hydrogen (secondary N) is 1. The van der Waals surface area contributed by atoms with Crippen molar-refractivity contribution in [2.45, 2.75) is 19.3 Å². The SMILES string of the molecule is COCCC[C@@]1(CO)CCNC1. The van der Waals surface area contributed by atoms with E-state index in [0.29, 0.717) is 6.61 Å². The molecule has 0 aromatic carbocycles. The van der Waals surface area contributed by atoms with Crippen LogP contribution in [0, 0.1) is 5.41 Å². The van der Waals surface area contributed by atoms with E-state index in [4.69, 9.17) is 4.74 Å². The molecular formula is C9H19NO2. The van der Waals surface area contributed by atoms with Gasteiger partial charge in [0.2, 0.25) is 0 Å². The van der Waals surface area contributed by atoms with Gasteiger partial charge in [0.1, 0.15) is 0 Å². The second-order valence-corrected chi connectivity index (χ2v) is 3.68. The van der Waals surface area contributed by atoms with Crippen LogP contribution in [0.2, 0.25) is 0 Å². The van der Waals surface area contributed by atoms with Crippen LogP contribution in [0.1, 0.15) is 19.3 Å². The van der Waals surface area contributed by atoms with Crippen molar-refractivity contribution < 1.29 is 9.84 Å². The maximum Gasteiger partial charge on any atom is 0.0500 e. The average Bonchev–Trinajstić information content (AvgIpc) is 2.55. The van der Waals surface area contributed by atoms with Crippen molar-refractivity contribution in [3.63, 3.8) is 0 Å². The molecule has 0 saturated carbocycles. The molecule has 1 atom stereocenters. The molecule has 2 N–H and O–H groups in total. The lowest BCUT2D eigenvalue weighted by Gasteiger charge is -2.25. The molecule has 0 unspecified atom stereocenters. The van der Waals surface area contributed by atoms with Gasteiger partial charge in [0.05, 0.1) is 0 Å². The van der Waals surface area contributed by atoms with E-state index in [-0.39, 0.29) is 5.41 Å². The summed E-state index contributed by atoms with van der Waals surface area (Å²) in [7, 11) is 1.72. The maximum absolute atomic E-state index is 9.24. The first-order chi connectivity index (χ1) is 5.83. The summed E-state index contributed by atoms with van der Waals surface area (Å²) in [4.78, 5) is 0. The number of hydrogen-bond donors (Lipinski definition) is 2. The van der Waals surface area contributed by atoms with E-state index < -0.39 is 0 Å². The van der Waals surface area contributed by atoms with Gasteiger partial charge in [-0.3, -0.25) is 0 Å². The summed E-state index contributed by atoms with van der Waals surface area (Å²) in [6.07, 6.45) is 3.23. The second-order valence-electron chi connectivity index (χ2n) is 3.68. The number of ether oxygens (including phenoxy) is 1. The Hall–Kier alpha value is -0.120. The van der Waals surface area contributed by atoms with Gasteiger partial charge >= 0.3 is 0 Å². The van der Waals surface area contributed by atoms with E-state index >= 15 is 0 Å². The van der Waals surface area contributed by atoms with Gasteiger partial charge in [0, 0.05) is 32.3 Å². The maximum atomic E-state index is 9.24. The summed E-state index contributed by atoms with van der Waals surface area (Å²) in [6, 6.07) is 0. The highest BCUT2D eigenvalue weighted by molar-refractivity contribution is 4.86. The average molecular weight is 173 g/mol. The van der Waals surface area contributed by atoms with Gasteiger partial charge in [-0.15, -0.1) is 0 Å². The molecule has 1 heterocycles. The first-order valence-electron chi connectivity index (χ1n) is 4.63. The molecule has 0 radical (unpaired) electrons. The summed E-state index contributed by atoms with van der Waals surface area (Å²) in [5.41, 5.74) is 0.151. The molecule has 1 rings (SSSR count). The fraction of sp³-hybridized carbons (Fsp3) is 1.00. The van der Waals surface area contributed by atoms with Crippen molar-refractivity contribution in [3.8, 4) is 0 Å². The van der Waals surface area contributed by atoms with Crippen LogP contribution in [-0.4, -0.2) is 38.5 Å². The van der Waals surface area contributed by atoms with Crippen LogP contribution < -0.4 is 5.32 Å². The minimum Gasteiger partial charge on any atom is -0.396 e. The van der Waals surface area contributed by atoms with Gasteiger partial charge in [-0.05, 0) is 25.8 Å². The third kappa shape index (κ3) is 2.44. The summed E-state index contributed by atoms with van der Waals surface area (Å²) in [5.74, 6) is 0. The molecule has 0 aliphatic carbocycles. The molecule has 0 aromatic heterocycles. The van der Waals surface area contributed by atoms with E-state index in [1.807, 2.05) is 0 Å². The van der Waals surface area contributed by atoms with Crippen molar-refractivity contribution >= 4 is 0 Å². The number of methoxy groups -OCH3 is 1. The molecule has 0 amide bonds. The molecule has 1 saturated heterocycles. The van der Waals surface area contributed by atoms with Crippen molar-refractivity contribution in [1.29, 1.82) is 0 Å². The summed E-state index contributed by atoms with van der Waals surface area (Å²) < 4.78 is 4.99. The van der Waals surface area contributed by atoms with Crippen LogP contribution in [0.4, 0.5) is 0 Å². The number of aliphatic hydroxyl groups excluding tert-OH is 1. The Balaban J connectivity index is 2.24. The fourth-order valence-electron chi connectivity index (χ4n) is 1.81. The van der Waals surface area contributed by atoms with Crippen molar-refractivity contribution in [2.75, 3.05) is 33.4 Å². The third-order valence-electron chi connectivity index (χ3n) is 2.72. The highest BCUT2D eigenvalue weighted by Crippen LogP contribution is 2.29. The Morgan fingerprint density at radius 1 is 1.58 bits per heavy atom. The first-order valence-corrected chi connectivity index (χ1v) is 4.63. The first kappa shape index (κ1) is 9.96. The predicted octanol–water partition coefficient (Wildman–Crippen LogP) is 0.385. The monoisotopic (exact) mass is 173 g/mol. The number of rotatable bonds is 5. The molecule has 0 aromatic rings. The van der Waals surface area contributed by atoms with E-state index in [1.54, 1.807) is 7.11 Å². The fourth-order valence-corrected chi connectivity index (χ4v) is 1.81. The molecule has 0 spiro atoms. The Morgan fingerprint density at radius 3 is 2.92 bits per heavy atom. The minimum atomic E-state index is 0.151.